The Morgan fingerprint density at radius 1 is 0.385 bits per heavy atom. The van der Waals surface area contributed by atoms with Crippen LogP contribution < -0.4 is 81.0 Å². The summed E-state index contributed by atoms with van der Waals surface area (Å²) in [5, 5.41) is 37.6. The number of nitrogens with zero attached hydrogens (tertiary/aromatic N) is 1. The third kappa shape index (κ3) is 110. The molecule has 0 aromatic rings. The first-order chi connectivity index (χ1) is 46.9. The molecule has 30 heteroatoms. The Bertz CT molecular complexity index is 1140. The monoisotopic (exact) mass is 1450 g/mol. The summed E-state index contributed by atoms with van der Waals surface area (Å²) < 4.78 is 60.0. The van der Waals surface area contributed by atoms with E-state index < -0.39 is 17.4 Å². The Labute approximate surface area is 599 Å². The lowest BCUT2D eigenvalue weighted by molar-refractivity contribution is 0.0502. The van der Waals surface area contributed by atoms with Crippen molar-refractivity contribution in [3.8, 4) is 0 Å². The summed E-state index contributed by atoms with van der Waals surface area (Å²) >= 11 is 1.78. The smallest absolute Gasteiger partial charge is 0.395 e. The summed E-state index contributed by atoms with van der Waals surface area (Å²) in [6, 6.07) is 1.82. The number of thioether (sulfide) groups is 1. The molecule has 0 aromatic heterocycles. The topological polar surface area (TPSA) is 327 Å². The maximum absolute atomic E-state index is 5.65. The molecule has 2 heterocycles. The van der Waals surface area contributed by atoms with Crippen molar-refractivity contribution in [2.45, 2.75) is 111 Å². The van der Waals surface area contributed by atoms with Crippen molar-refractivity contribution in [1.29, 1.82) is 0 Å². The van der Waals surface area contributed by atoms with E-state index in [0.29, 0.717) is 52.8 Å². The van der Waals surface area contributed by atoms with Crippen LogP contribution in [-0.4, -0.2) is 347 Å². The second-order valence-electron chi connectivity index (χ2n) is 21.8. The average Bonchev–Trinajstić information content (AvgIpc) is 1.14. The van der Waals surface area contributed by atoms with Crippen LogP contribution in [0, 0.1) is 0 Å². The van der Waals surface area contributed by atoms with Gasteiger partial charge in [-0.25, -0.2) is 0 Å². The zero-order valence-corrected chi connectivity index (χ0v) is 68.3. The Morgan fingerprint density at radius 2 is 0.708 bits per heavy atom. The summed E-state index contributed by atoms with van der Waals surface area (Å²) in [6.07, 6.45) is 13.1. The molecular formula is C66H166N16O11SSi2. The third-order valence-corrected chi connectivity index (χ3v) is 19.8. The maximum atomic E-state index is 5.65. The van der Waals surface area contributed by atoms with Gasteiger partial charge in [0.05, 0.1) is 79.3 Å². The van der Waals surface area contributed by atoms with Gasteiger partial charge in [-0.1, -0.05) is 12.8 Å². The van der Waals surface area contributed by atoms with Crippen LogP contribution in [0.2, 0.25) is 18.6 Å². The molecule has 590 valence electrons. The fraction of sp³-hybridized carbons (Fsp3) is 1.00. The summed E-state index contributed by atoms with van der Waals surface area (Å²) in [5.41, 5.74) is 16.0. The van der Waals surface area contributed by atoms with Gasteiger partial charge >= 0.3 is 17.4 Å². The molecule has 2 saturated heterocycles. The lowest BCUT2D eigenvalue weighted by Crippen LogP contribution is -2.46. The van der Waals surface area contributed by atoms with Crippen molar-refractivity contribution in [3.63, 3.8) is 0 Å². The van der Waals surface area contributed by atoms with Gasteiger partial charge in [0.1, 0.15) is 0 Å². The van der Waals surface area contributed by atoms with E-state index in [2.05, 4.69) is 82.3 Å². The van der Waals surface area contributed by atoms with E-state index >= 15 is 0 Å². The number of hydrogen-bond donors (Lipinski definition) is 15. The lowest BCUT2D eigenvalue weighted by atomic mass is 10.2. The number of rotatable bonds is 48. The number of unbranched alkanes of at least 4 members (excludes halogenated alkanes) is 3. The van der Waals surface area contributed by atoms with Crippen molar-refractivity contribution < 1.29 is 50.6 Å². The second kappa shape index (κ2) is 106. The molecule has 0 amide bonds. The SMILES string of the molecule is C1CNCCNC1.C1COCCNCCOCCOCCN1.CCO[Si](C)(CCCN)OCC.CCO[Si](CCCN)(OCC)OCC.CNCCCCCCNC.CNCCCN(C)CCCNC.CNCCOCCNC.CNCCOCCOCCNC.CSCCN. The molecule has 0 aromatic carbocycles. The Balaban J connectivity index is -0.000000188. The van der Waals surface area contributed by atoms with Crippen molar-refractivity contribution in [2.24, 2.45) is 17.2 Å². The number of nitrogens with two attached hydrogens (primary N) is 3. The van der Waals surface area contributed by atoms with Gasteiger partial charge in [0, 0.05) is 117 Å². The molecule has 0 bridgehead atoms. The highest BCUT2D eigenvalue weighted by Crippen LogP contribution is 2.18. The largest absolute Gasteiger partial charge is 0.500 e. The fourth-order valence-corrected chi connectivity index (χ4v) is 13.2. The molecule has 2 aliphatic heterocycles. The van der Waals surface area contributed by atoms with Crippen LogP contribution in [-0.2, 0) is 50.6 Å². The van der Waals surface area contributed by atoms with Gasteiger partial charge in [0.15, 0.2) is 0 Å². The van der Waals surface area contributed by atoms with Crippen LogP contribution in [0.5, 0.6) is 0 Å². The predicted molar refractivity (Wildman–Crippen MR) is 418 cm³/mol. The van der Waals surface area contributed by atoms with Crippen LogP contribution in [0.4, 0.5) is 0 Å². The summed E-state index contributed by atoms with van der Waals surface area (Å²) in [6.45, 7) is 45.3. The molecule has 0 spiro atoms. The second-order valence-corrected chi connectivity index (χ2v) is 28.9. The van der Waals surface area contributed by atoms with E-state index in [4.69, 9.17) is 67.8 Å². The summed E-state index contributed by atoms with van der Waals surface area (Å²) in [4.78, 5) is 2.38. The molecule has 0 aliphatic carbocycles. The van der Waals surface area contributed by atoms with Gasteiger partial charge in [0.2, 0.25) is 0 Å². The molecule has 18 N–H and O–H groups in total. The van der Waals surface area contributed by atoms with E-state index in [0.717, 1.165) is 188 Å². The zero-order valence-electron chi connectivity index (χ0n) is 65.4. The van der Waals surface area contributed by atoms with E-state index in [1.54, 1.807) is 11.8 Å². The minimum atomic E-state index is -2.40. The van der Waals surface area contributed by atoms with E-state index in [1.165, 1.54) is 84.2 Å². The lowest BCUT2D eigenvalue weighted by Gasteiger charge is -2.28. The van der Waals surface area contributed by atoms with E-state index in [-0.39, 0.29) is 0 Å². The van der Waals surface area contributed by atoms with Gasteiger partial charge in [-0.15, -0.1) is 0 Å². The predicted octanol–water partition coefficient (Wildman–Crippen LogP) is 1.99. The molecule has 0 unspecified atom stereocenters. The van der Waals surface area contributed by atoms with Gasteiger partial charge in [-0.2, -0.15) is 11.8 Å². The molecule has 0 atom stereocenters. The maximum Gasteiger partial charge on any atom is 0.500 e. The molecular weight excluding hydrogens is 1280 g/mol. The van der Waals surface area contributed by atoms with Crippen LogP contribution in [0.15, 0.2) is 0 Å². The first-order valence-electron chi connectivity index (χ1n) is 36.8. The zero-order chi connectivity index (χ0) is 72.9. The molecule has 0 saturated carbocycles. The Morgan fingerprint density at radius 3 is 1.02 bits per heavy atom. The molecule has 2 fully saturated rings. The number of hydrogen-bond acceptors (Lipinski definition) is 28. The summed E-state index contributed by atoms with van der Waals surface area (Å²) in [5.74, 6) is 1.08. The van der Waals surface area contributed by atoms with Crippen LogP contribution >= 0.6 is 11.8 Å². The highest BCUT2D eigenvalue weighted by Gasteiger charge is 2.39. The number of likely N-dealkylation sites (N-methyl/N-ethyl adjacent to an activating group) is 4. The normalized spacial score (nSPS) is 13.9. The standard InChI is InChI=1S/C10H22N2O3.C9H23N3.C9H23NO3Si.C8H20N2O2.C8H20N2.C8H21NO2Si.C6H16N2O.C5H12N2.C3H9NS/c1-5-13-6-2-12-4-8-15-10-9-14-7-3-11-1;1-10-6-4-8-12(3)9-5-7-11-2;1-4-11-14(12-5-2,13-6-3)9-7-8-10;1-9-3-5-11-7-8-12-6-4-10-2;1-9-7-5-3-4-6-8-10-2;1-4-10-12(3,11-5-2)8-6-7-9;1-7-3-5-9-6-4-8-2;1-2-6-4-5-7-3-1;1-5-3-2-4/h11-12H,1-10H2;10-11H,4-9H2,1-3H3;4-10H2,1-3H3;9-10H,3-8H2,1-2H3;9-10H,3-8H2,1-2H3;4-9H2,1-3H3;7-8H,3-6H2,1-2H3;6-7H,1-5H2;2-4H2,1H3. The third-order valence-electron chi connectivity index (χ3n) is 13.0. The van der Waals surface area contributed by atoms with Crippen molar-refractivity contribution in [1.82, 2.24) is 68.7 Å². The van der Waals surface area contributed by atoms with Crippen molar-refractivity contribution in [3.05, 3.63) is 0 Å². The van der Waals surface area contributed by atoms with Gasteiger partial charge in [-0.3, -0.25) is 0 Å². The quantitative estimate of drug-likeness (QED) is 0.0306. The highest BCUT2D eigenvalue weighted by molar-refractivity contribution is 7.98. The van der Waals surface area contributed by atoms with Crippen molar-refractivity contribution in [2.75, 3.05) is 325 Å². The number of ether oxygens (including phenoxy) is 6. The van der Waals surface area contributed by atoms with Gasteiger partial charge in [-0.05, 0) is 227 Å². The van der Waals surface area contributed by atoms with Gasteiger partial charge < -0.3 is 136 Å². The first-order valence-corrected chi connectivity index (χ1v) is 42.7. The first kappa shape index (κ1) is 109. The molecule has 96 heavy (non-hydrogen) atoms. The Hall–Kier alpha value is -0.296. The summed E-state index contributed by atoms with van der Waals surface area (Å²) in [7, 11) is 13.6. The highest BCUT2D eigenvalue weighted by atomic mass is 32.2. The average molecular weight is 1450 g/mol. The fourth-order valence-electron chi connectivity index (χ4n) is 7.92. The van der Waals surface area contributed by atoms with Crippen molar-refractivity contribution >= 4 is 29.1 Å². The molecule has 2 rings (SSSR count). The Kier molecular flexibility index (Phi) is 120. The molecule has 2 aliphatic rings. The molecule has 0 radical (unpaired) electrons. The minimum absolute atomic E-state index is 0.636. The van der Waals surface area contributed by atoms with Gasteiger partial charge in [0.25, 0.3) is 0 Å². The molecule has 27 nitrogen and oxygen atoms in total. The van der Waals surface area contributed by atoms with E-state index in [9.17, 15) is 0 Å². The van der Waals surface area contributed by atoms with E-state index in [1.807, 2.05) is 97.3 Å². The van der Waals surface area contributed by atoms with Crippen LogP contribution in [0.3, 0.4) is 0 Å². The van der Waals surface area contributed by atoms with Crippen LogP contribution in [0.1, 0.15) is 92.4 Å². The van der Waals surface area contributed by atoms with Crippen LogP contribution in [0.25, 0.3) is 0 Å². The number of nitrogens with one attached hydrogen (secondary N) is 12. The minimum Gasteiger partial charge on any atom is -0.395 e.